The number of halogens is 1. The SMILES string of the molecule is N[C@@H]1CCN(C(=O)c2cc(Br)cc([N+](=O)[O-])c2)C1. The highest BCUT2D eigenvalue weighted by Crippen LogP contribution is 2.23. The van der Waals surface area contributed by atoms with Gasteiger partial charge >= 0.3 is 0 Å². The fraction of sp³-hybridized carbons (Fsp3) is 0.364. The molecule has 1 aliphatic rings. The van der Waals surface area contributed by atoms with E-state index < -0.39 is 4.92 Å². The van der Waals surface area contributed by atoms with Gasteiger partial charge in [0.15, 0.2) is 0 Å². The Morgan fingerprint density at radius 2 is 2.22 bits per heavy atom. The summed E-state index contributed by atoms with van der Waals surface area (Å²) in [6, 6.07) is 4.24. The third-order valence-electron chi connectivity index (χ3n) is 2.85. The predicted octanol–water partition coefficient (Wildman–Crippen LogP) is 1.53. The molecule has 0 aromatic heterocycles. The Morgan fingerprint density at radius 3 is 2.78 bits per heavy atom. The van der Waals surface area contributed by atoms with Crippen molar-refractivity contribution in [2.75, 3.05) is 13.1 Å². The number of nitro groups is 1. The molecule has 2 N–H and O–H groups in total. The molecule has 0 aliphatic carbocycles. The molecule has 1 heterocycles. The van der Waals surface area contributed by atoms with E-state index in [4.69, 9.17) is 5.73 Å². The van der Waals surface area contributed by atoms with E-state index in [1.807, 2.05) is 0 Å². The van der Waals surface area contributed by atoms with Crippen molar-refractivity contribution in [3.8, 4) is 0 Å². The third kappa shape index (κ3) is 2.68. The molecular formula is C11H12BrN3O3. The van der Waals surface area contributed by atoms with Crippen LogP contribution in [0.3, 0.4) is 0 Å². The number of nitrogens with zero attached hydrogens (tertiary/aromatic N) is 2. The van der Waals surface area contributed by atoms with Gasteiger partial charge in [-0.05, 0) is 12.5 Å². The summed E-state index contributed by atoms with van der Waals surface area (Å²) in [6.07, 6.45) is 0.766. The summed E-state index contributed by atoms with van der Waals surface area (Å²) in [7, 11) is 0. The van der Waals surface area contributed by atoms with Gasteiger partial charge in [0.25, 0.3) is 11.6 Å². The summed E-state index contributed by atoms with van der Waals surface area (Å²) in [5.41, 5.74) is 5.95. The van der Waals surface area contributed by atoms with Gasteiger partial charge in [-0.1, -0.05) is 15.9 Å². The second-order valence-electron chi connectivity index (χ2n) is 4.26. The molecule has 18 heavy (non-hydrogen) atoms. The van der Waals surface area contributed by atoms with Crippen LogP contribution >= 0.6 is 15.9 Å². The Bertz CT molecular complexity index is 506. The van der Waals surface area contributed by atoms with Gasteiger partial charge in [-0.3, -0.25) is 14.9 Å². The molecule has 2 rings (SSSR count). The molecule has 1 amide bonds. The number of hydrogen-bond donors (Lipinski definition) is 1. The number of amides is 1. The van der Waals surface area contributed by atoms with Crippen LogP contribution in [0.1, 0.15) is 16.8 Å². The largest absolute Gasteiger partial charge is 0.337 e. The number of carbonyl (C=O) groups is 1. The van der Waals surface area contributed by atoms with E-state index in [0.717, 1.165) is 6.42 Å². The summed E-state index contributed by atoms with van der Waals surface area (Å²) >= 11 is 3.17. The van der Waals surface area contributed by atoms with Gasteiger partial charge in [0.2, 0.25) is 0 Å². The van der Waals surface area contributed by atoms with Crippen LogP contribution in [0.15, 0.2) is 22.7 Å². The van der Waals surface area contributed by atoms with Gasteiger partial charge in [-0.2, -0.15) is 0 Å². The van der Waals surface area contributed by atoms with E-state index >= 15 is 0 Å². The van der Waals surface area contributed by atoms with E-state index in [1.165, 1.54) is 12.1 Å². The van der Waals surface area contributed by atoms with Crippen molar-refractivity contribution < 1.29 is 9.72 Å². The van der Waals surface area contributed by atoms with Gasteiger partial charge in [-0.15, -0.1) is 0 Å². The summed E-state index contributed by atoms with van der Waals surface area (Å²) in [4.78, 5) is 24.0. The van der Waals surface area contributed by atoms with Crippen LogP contribution in [0.25, 0.3) is 0 Å². The number of likely N-dealkylation sites (tertiary alicyclic amines) is 1. The number of rotatable bonds is 2. The predicted molar refractivity (Wildman–Crippen MR) is 69.3 cm³/mol. The monoisotopic (exact) mass is 313 g/mol. The molecule has 1 aromatic rings. The summed E-state index contributed by atoms with van der Waals surface area (Å²) in [6.45, 7) is 1.10. The van der Waals surface area contributed by atoms with Crippen molar-refractivity contribution in [3.63, 3.8) is 0 Å². The van der Waals surface area contributed by atoms with Crippen LogP contribution in [-0.2, 0) is 0 Å². The Labute approximate surface area is 112 Å². The first-order chi connectivity index (χ1) is 8.47. The van der Waals surface area contributed by atoms with E-state index in [-0.39, 0.29) is 17.6 Å². The van der Waals surface area contributed by atoms with E-state index in [9.17, 15) is 14.9 Å². The average Bonchev–Trinajstić information content (AvgIpc) is 2.74. The molecule has 0 radical (unpaired) electrons. The van der Waals surface area contributed by atoms with Crippen LogP contribution in [0.2, 0.25) is 0 Å². The highest BCUT2D eigenvalue weighted by atomic mass is 79.9. The molecule has 96 valence electrons. The highest BCUT2D eigenvalue weighted by molar-refractivity contribution is 9.10. The number of nitrogens with two attached hydrogens (primary N) is 1. The Kier molecular flexibility index (Phi) is 3.63. The first kappa shape index (κ1) is 13.0. The van der Waals surface area contributed by atoms with Gasteiger partial charge in [0, 0.05) is 41.3 Å². The molecule has 0 spiro atoms. The average molecular weight is 314 g/mol. The quantitative estimate of drug-likeness (QED) is 0.662. The minimum Gasteiger partial charge on any atom is -0.337 e. The fourth-order valence-electron chi connectivity index (χ4n) is 1.96. The normalized spacial score (nSPS) is 19.0. The second kappa shape index (κ2) is 5.03. The number of benzene rings is 1. The van der Waals surface area contributed by atoms with Crippen molar-refractivity contribution in [3.05, 3.63) is 38.3 Å². The molecule has 1 fully saturated rings. The molecule has 7 heteroatoms. The van der Waals surface area contributed by atoms with Crippen molar-refractivity contribution >= 4 is 27.5 Å². The molecule has 1 atom stereocenters. The van der Waals surface area contributed by atoms with E-state index in [1.54, 1.807) is 11.0 Å². The molecule has 0 bridgehead atoms. The fourth-order valence-corrected chi connectivity index (χ4v) is 2.44. The number of carbonyl (C=O) groups excluding carboxylic acids is 1. The molecule has 6 nitrogen and oxygen atoms in total. The van der Waals surface area contributed by atoms with Gasteiger partial charge in [0.1, 0.15) is 0 Å². The Balaban J connectivity index is 2.27. The molecular weight excluding hydrogens is 302 g/mol. The molecule has 0 saturated carbocycles. The molecule has 1 aliphatic heterocycles. The van der Waals surface area contributed by atoms with Crippen molar-refractivity contribution in [1.29, 1.82) is 0 Å². The van der Waals surface area contributed by atoms with E-state index in [2.05, 4.69) is 15.9 Å². The van der Waals surface area contributed by atoms with Crippen molar-refractivity contribution in [1.82, 2.24) is 4.90 Å². The van der Waals surface area contributed by atoms with Crippen LogP contribution in [-0.4, -0.2) is 34.9 Å². The third-order valence-corrected chi connectivity index (χ3v) is 3.31. The highest BCUT2D eigenvalue weighted by Gasteiger charge is 2.25. The van der Waals surface area contributed by atoms with Crippen LogP contribution in [0, 0.1) is 10.1 Å². The topological polar surface area (TPSA) is 89.5 Å². The zero-order chi connectivity index (χ0) is 13.3. The number of hydrogen-bond acceptors (Lipinski definition) is 4. The summed E-state index contributed by atoms with van der Waals surface area (Å²) < 4.78 is 0.517. The lowest BCUT2D eigenvalue weighted by atomic mass is 10.2. The molecule has 1 saturated heterocycles. The smallest absolute Gasteiger partial charge is 0.271 e. The van der Waals surface area contributed by atoms with E-state index in [0.29, 0.717) is 23.1 Å². The number of nitro benzene ring substituents is 1. The summed E-state index contributed by atoms with van der Waals surface area (Å²) in [5.74, 6) is -0.215. The first-order valence-corrected chi connectivity index (χ1v) is 6.26. The van der Waals surface area contributed by atoms with Gasteiger partial charge in [-0.25, -0.2) is 0 Å². The zero-order valence-electron chi connectivity index (χ0n) is 9.51. The minimum absolute atomic E-state index is 0.00362. The lowest BCUT2D eigenvalue weighted by Gasteiger charge is -2.15. The van der Waals surface area contributed by atoms with Crippen molar-refractivity contribution in [2.24, 2.45) is 5.73 Å². The number of non-ortho nitro benzene ring substituents is 1. The lowest BCUT2D eigenvalue weighted by Crippen LogP contribution is -2.31. The standard InChI is InChI=1S/C11H12BrN3O3/c12-8-3-7(4-10(5-8)15(17)18)11(16)14-2-1-9(13)6-14/h3-5,9H,1-2,6,13H2/t9-/m1/s1. The summed E-state index contributed by atoms with van der Waals surface area (Å²) in [5, 5.41) is 10.7. The Morgan fingerprint density at radius 1 is 1.50 bits per heavy atom. The van der Waals surface area contributed by atoms with Crippen molar-refractivity contribution in [2.45, 2.75) is 12.5 Å². The maximum absolute atomic E-state index is 12.1. The minimum atomic E-state index is -0.517. The maximum atomic E-state index is 12.1. The van der Waals surface area contributed by atoms with Crippen LogP contribution in [0.4, 0.5) is 5.69 Å². The van der Waals surface area contributed by atoms with Gasteiger partial charge in [0.05, 0.1) is 4.92 Å². The second-order valence-corrected chi connectivity index (χ2v) is 5.17. The Hall–Kier alpha value is -1.47. The zero-order valence-corrected chi connectivity index (χ0v) is 11.1. The lowest BCUT2D eigenvalue weighted by molar-refractivity contribution is -0.385. The molecule has 0 unspecified atom stereocenters. The van der Waals surface area contributed by atoms with Gasteiger partial charge < -0.3 is 10.6 Å². The van der Waals surface area contributed by atoms with Crippen LogP contribution in [0.5, 0.6) is 0 Å². The first-order valence-electron chi connectivity index (χ1n) is 5.47. The van der Waals surface area contributed by atoms with Crippen LogP contribution < -0.4 is 5.73 Å². The maximum Gasteiger partial charge on any atom is 0.271 e. The molecule has 1 aromatic carbocycles.